The van der Waals surface area contributed by atoms with Crippen LogP contribution in [-0.4, -0.2) is 30.9 Å². The zero-order valence-electron chi connectivity index (χ0n) is 13.9. The average molecular weight is 380 g/mol. The Morgan fingerprint density at radius 3 is 2.80 bits per heavy atom. The molecule has 1 aliphatic rings. The van der Waals surface area contributed by atoms with E-state index < -0.39 is 9.84 Å². The second kappa shape index (κ2) is 7.53. The van der Waals surface area contributed by atoms with Gasteiger partial charge >= 0.3 is 5.97 Å². The molecule has 1 aromatic carbocycles. The van der Waals surface area contributed by atoms with Gasteiger partial charge in [-0.2, -0.15) is 0 Å². The van der Waals surface area contributed by atoms with Gasteiger partial charge in [-0.3, -0.25) is 4.79 Å². The molecule has 6 nitrogen and oxygen atoms in total. The van der Waals surface area contributed by atoms with E-state index in [1.165, 1.54) is 16.9 Å². The zero-order chi connectivity index (χ0) is 17.9. The lowest BCUT2D eigenvalue weighted by molar-refractivity contribution is -0.146. The number of anilines is 2. The van der Waals surface area contributed by atoms with Crippen molar-refractivity contribution in [3.8, 4) is 0 Å². The number of thiazole rings is 1. The third kappa shape index (κ3) is 5.27. The molecule has 0 amide bonds. The van der Waals surface area contributed by atoms with Crippen molar-refractivity contribution in [1.82, 2.24) is 4.98 Å². The fraction of sp³-hybridized carbons (Fsp3) is 0.412. The maximum Gasteiger partial charge on any atom is 0.306 e. The van der Waals surface area contributed by atoms with E-state index >= 15 is 0 Å². The van der Waals surface area contributed by atoms with Gasteiger partial charge in [0.2, 0.25) is 0 Å². The number of carbonyl (C=O) groups excluding carboxylic acids is 1. The number of aromatic nitrogens is 1. The molecule has 1 saturated heterocycles. The molecule has 0 unspecified atom stereocenters. The number of carbonyl (C=O) groups is 1. The van der Waals surface area contributed by atoms with Gasteiger partial charge in [-0.15, -0.1) is 11.3 Å². The Bertz CT molecular complexity index is 844. The van der Waals surface area contributed by atoms with Crippen LogP contribution in [0.15, 0.2) is 29.6 Å². The van der Waals surface area contributed by atoms with Gasteiger partial charge in [-0.1, -0.05) is 17.7 Å². The molecule has 8 heteroatoms. The van der Waals surface area contributed by atoms with Crippen molar-refractivity contribution in [2.45, 2.75) is 26.4 Å². The SMILES string of the molecule is Cc1ccc(Nc2nc(COC(=O)C[C@H]3CCS(=O)(=O)C3)cs2)cc1. The molecule has 1 fully saturated rings. The van der Waals surface area contributed by atoms with Gasteiger partial charge in [-0.25, -0.2) is 13.4 Å². The number of rotatable bonds is 6. The second-order valence-electron chi connectivity index (χ2n) is 6.27. The third-order valence-electron chi connectivity index (χ3n) is 4.02. The van der Waals surface area contributed by atoms with Crippen LogP contribution < -0.4 is 5.32 Å². The second-order valence-corrected chi connectivity index (χ2v) is 9.36. The van der Waals surface area contributed by atoms with Crippen LogP contribution in [0, 0.1) is 12.8 Å². The largest absolute Gasteiger partial charge is 0.459 e. The minimum Gasteiger partial charge on any atom is -0.459 e. The van der Waals surface area contributed by atoms with Crippen LogP contribution >= 0.6 is 11.3 Å². The lowest BCUT2D eigenvalue weighted by atomic mass is 10.1. The Labute approximate surface area is 151 Å². The minimum atomic E-state index is -2.96. The number of sulfone groups is 1. The van der Waals surface area contributed by atoms with Crippen molar-refractivity contribution in [3.05, 3.63) is 40.9 Å². The average Bonchev–Trinajstić information content (AvgIpc) is 3.14. The molecule has 3 rings (SSSR count). The van der Waals surface area contributed by atoms with Crippen molar-refractivity contribution >= 4 is 38.0 Å². The van der Waals surface area contributed by atoms with Gasteiger partial charge < -0.3 is 10.1 Å². The Morgan fingerprint density at radius 2 is 2.12 bits per heavy atom. The van der Waals surface area contributed by atoms with Crippen LogP contribution in [0.2, 0.25) is 0 Å². The van der Waals surface area contributed by atoms with Crippen molar-refractivity contribution in [2.75, 3.05) is 16.8 Å². The normalized spacial score (nSPS) is 18.8. The molecular formula is C17H20N2O4S2. The maximum atomic E-state index is 11.9. The third-order valence-corrected chi connectivity index (χ3v) is 6.66. The molecule has 0 spiro atoms. The Balaban J connectivity index is 1.46. The molecule has 1 N–H and O–H groups in total. The minimum absolute atomic E-state index is 0.0867. The van der Waals surface area contributed by atoms with E-state index in [0.29, 0.717) is 12.1 Å². The topological polar surface area (TPSA) is 85.4 Å². The smallest absolute Gasteiger partial charge is 0.306 e. The van der Waals surface area contributed by atoms with Crippen LogP contribution in [0.4, 0.5) is 10.8 Å². The summed E-state index contributed by atoms with van der Waals surface area (Å²) in [5.41, 5.74) is 2.81. The zero-order valence-corrected chi connectivity index (χ0v) is 15.5. The van der Waals surface area contributed by atoms with Crippen molar-refractivity contribution < 1.29 is 17.9 Å². The molecular weight excluding hydrogens is 360 g/mol. The molecule has 0 radical (unpaired) electrons. The molecule has 1 aliphatic heterocycles. The summed E-state index contributed by atoms with van der Waals surface area (Å²) in [6, 6.07) is 7.99. The van der Waals surface area contributed by atoms with Crippen LogP contribution in [0.1, 0.15) is 24.1 Å². The lowest BCUT2D eigenvalue weighted by Crippen LogP contribution is -2.13. The summed E-state index contributed by atoms with van der Waals surface area (Å²) in [5.74, 6) is -0.232. The summed E-state index contributed by atoms with van der Waals surface area (Å²) in [5, 5.41) is 5.78. The molecule has 2 aromatic rings. The number of hydrogen-bond donors (Lipinski definition) is 1. The number of aryl methyl sites for hydroxylation is 1. The first-order chi connectivity index (χ1) is 11.9. The van der Waals surface area contributed by atoms with Gasteiger partial charge in [0.1, 0.15) is 6.61 Å². The number of hydrogen-bond acceptors (Lipinski definition) is 7. The summed E-state index contributed by atoms with van der Waals surface area (Å²) >= 11 is 1.44. The summed E-state index contributed by atoms with van der Waals surface area (Å²) in [4.78, 5) is 16.2. The summed E-state index contributed by atoms with van der Waals surface area (Å²) in [6.45, 7) is 2.13. The number of nitrogens with one attached hydrogen (secondary N) is 1. The lowest BCUT2D eigenvalue weighted by Gasteiger charge is -2.07. The highest BCUT2D eigenvalue weighted by molar-refractivity contribution is 7.91. The highest BCUT2D eigenvalue weighted by atomic mass is 32.2. The predicted octanol–water partition coefficient (Wildman–Crippen LogP) is 3.06. The highest BCUT2D eigenvalue weighted by Crippen LogP contribution is 2.23. The van der Waals surface area contributed by atoms with Crippen molar-refractivity contribution in [1.29, 1.82) is 0 Å². The first-order valence-electron chi connectivity index (χ1n) is 8.04. The predicted molar refractivity (Wildman–Crippen MR) is 97.7 cm³/mol. The Morgan fingerprint density at radius 1 is 1.36 bits per heavy atom. The number of esters is 1. The molecule has 0 aliphatic carbocycles. The molecule has 1 atom stereocenters. The van der Waals surface area contributed by atoms with Crippen molar-refractivity contribution in [3.63, 3.8) is 0 Å². The van der Waals surface area contributed by atoms with Crippen LogP contribution in [0.5, 0.6) is 0 Å². The van der Waals surface area contributed by atoms with Crippen molar-refractivity contribution in [2.24, 2.45) is 5.92 Å². The first-order valence-corrected chi connectivity index (χ1v) is 10.7. The standard InChI is InChI=1S/C17H20N2O4S2/c1-12-2-4-14(5-3-12)18-17-19-15(10-24-17)9-23-16(20)8-13-6-7-25(21,22)11-13/h2-5,10,13H,6-9,11H2,1H3,(H,18,19)/t13-/m1/s1. The summed E-state index contributed by atoms with van der Waals surface area (Å²) in [7, 11) is -2.96. The van der Waals surface area contributed by atoms with Crippen LogP contribution in [0.25, 0.3) is 0 Å². The fourth-order valence-corrected chi connectivity index (χ4v) is 5.25. The van der Waals surface area contributed by atoms with Crippen LogP contribution in [-0.2, 0) is 26.0 Å². The summed E-state index contributed by atoms with van der Waals surface area (Å²) in [6.07, 6.45) is 0.691. The Kier molecular flexibility index (Phi) is 5.39. The fourth-order valence-electron chi connectivity index (χ4n) is 2.67. The Hall–Kier alpha value is -1.93. The quantitative estimate of drug-likeness (QED) is 0.775. The number of nitrogens with zero attached hydrogens (tertiary/aromatic N) is 1. The van der Waals surface area contributed by atoms with Gasteiger partial charge in [0, 0.05) is 17.5 Å². The monoisotopic (exact) mass is 380 g/mol. The highest BCUT2D eigenvalue weighted by Gasteiger charge is 2.29. The van der Waals surface area contributed by atoms with E-state index in [1.807, 2.05) is 36.6 Å². The van der Waals surface area contributed by atoms with E-state index in [1.54, 1.807) is 0 Å². The molecule has 134 valence electrons. The van der Waals surface area contributed by atoms with E-state index in [9.17, 15) is 13.2 Å². The van der Waals surface area contributed by atoms with Crippen LogP contribution in [0.3, 0.4) is 0 Å². The maximum absolute atomic E-state index is 11.9. The van der Waals surface area contributed by atoms with E-state index in [2.05, 4.69) is 10.3 Å². The number of ether oxygens (including phenoxy) is 1. The molecule has 25 heavy (non-hydrogen) atoms. The van der Waals surface area contributed by atoms with E-state index in [-0.39, 0.29) is 36.4 Å². The van der Waals surface area contributed by atoms with E-state index in [0.717, 1.165) is 10.8 Å². The van der Waals surface area contributed by atoms with Gasteiger partial charge in [0.05, 0.1) is 17.2 Å². The first kappa shape index (κ1) is 17.9. The molecule has 1 aromatic heterocycles. The number of benzene rings is 1. The van der Waals surface area contributed by atoms with Gasteiger partial charge in [0.15, 0.2) is 15.0 Å². The van der Waals surface area contributed by atoms with Gasteiger partial charge in [-0.05, 0) is 31.4 Å². The molecule has 0 saturated carbocycles. The molecule has 0 bridgehead atoms. The summed E-state index contributed by atoms with van der Waals surface area (Å²) < 4.78 is 28.0. The van der Waals surface area contributed by atoms with E-state index in [4.69, 9.17) is 4.74 Å². The molecule has 2 heterocycles. The van der Waals surface area contributed by atoms with Gasteiger partial charge in [0.25, 0.3) is 0 Å².